The second kappa shape index (κ2) is 8.22. The van der Waals surface area contributed by atoms with Crippen LogP contribution in [-0.2, 0) is 11.2 Å². The average Bonchev–Trinajstić information content (AvgIpc) is 3.11. The molecule has 0 aliphatic rings. The molecular formula is C21H22N2O3S. The first-order chi connectivity index (χ1) is 13.0. The van der Waals surface area contributed by atoms with Gasteiger partial charge in [-0.3, -0.25) is 4.79 Å². The molecule has 140 valence electrons. The quantitative estimate of drug-likeness (QED) is 0.675. The molecule has 0 aliphatic carbocycles. The molecule has 0 saturated heterocycles. The molecule has 3 aromatic rings. The topological polar surface area (TPSA) is 60.5 Å². The highest BCUT2D eigenvalue weighted by Crippen LogP contribution is 2.33. The van der Waals surface area contributed by atoms with Crippen LogP contribution < -0.4 is 14.8 Å². The van der Waals surface area contributed by atoms with Gasteiger partial charge in [0.05, 0.1) is 26.3 Å². The zero-order valence-electron chi connectivity index (χ0n) is 15.8. The monoisotopic (exact) mass is 382 g/mol. The molecule has 0 radical (unpaired) electrons. The number of anilines is 1. The Balaban J connectivity index is 1.70. The average molecular weight is 382 g/mol. The Bertz CT molecular complexity index is 949. The number of nitrogens with zero attached hydrogens (tertiary/aromatic N) is 1. The van der Waals surface area contributed by atoms with Crippen molar-refractivity contribution in [3.05, 3.63) is 58.6 Å². The molecule has 0 spiro atoms. The summed E-state index contributed by atoms with van der Waals surface area (Å²) >= 11 is 1.54. The van der Waals surface area contributed by atoms with Crippen molar-refractivity contribution in [2.24, 2.45) is 0 Å². The van der Waals surface area contributed by atoms with Gasteiger partial charge in [-0.25, -0.2) is 4.98 Å². The predicted octanol–water partition coefficient (Wildman–Crippen LogP) is 4.63. The van der Waals surface area contributed by atoms with Gasteiger partial charge in [0.2, 0.25) is 5.91 Å². The smallest absolute Gasteiger partial charge is 0.230 e. The molecule has 0 fully saturated rings. The maximum Gasteiger partial charge on any atom is 0.230 e. The normalized spacial score (nSPS) is 10.5. The summed E-state index contributed by atoms with van der Waals surface area (Å²) in [6.07, 6.45) is 0.218. The number of aryl methyl sites for hydroxylation is 2. The molecule has 5 nitrogen and oxygen atoms in total. The SMILES string of the molecule is COc1cc(C)c(NC(=O)Cc2csc(-c3ccc(C)cc3)n2)cc1OC. The number of rotatable bonds is 6. The molecule has 3 rings (SSSR count). The van der Waals surface area contributed by atoms with Crippen LogP contribution in [0.25, 0.3) is 10.6 Å². The van der Waals surface area contributed by atoms with Crippen LogP contribution in [0.4, 0.5) is 5.69 Å². The van der Waals surface area contributed by atoms with Crippen LogP contribution in [0.2, 0.25) is 0 Å². The third-order valence-electron chi connectivity index (χ3n) is 4.20. The lowest BCUT2D eigenvalue weighted by molar-refractivity contribution is -0.115. The lowest BCUT2D eigenvalue weighted by atomic mass is 10.1. The zero-order chi connectivity index (χ0) is 19.4. The molecule has 0 unspecified atom stereocenters. The number of thiazole rings is 1. The number of hydrogen-bond acceptors (Lipinski definition) is 5. The van der Waals surface area contributed by atoms with E-state index < -0.39 is 0 Å². The minimum atomic E-state index is -0.119. The summed E-state index contributed by atoms with van der Waals surface area (Å²) in [6.45, 7) is 3.97. The molecule has 0 aliphatic heterocycles. The number of aromatic nitrogens is 1. The van der Waals surface area contributed by atoms with Gasteiger partial charge in [0, 0.05) is 22.7 Å². The molecule has 1 N–H and O–H groups in total. The number of carbonyl (C=O) groups is 1. The van der Waals surface area contributed by atoms with Gasteiger partial charge in [-0.2, -0.15) is 0 Å². The molecule has 27 heavy (non-hydrogen) atoms. The second-order valence-corrected chi connectivity index (χ2v) is 7.12. The maximum absolute atomic E-state index is 12.5. The molecule has 1 aromatic heterocycles. The largest absolute Gasteiger partial charge is 0.493 e. The van der Waals surface area contributed by atoms with E-state index in [2.05, 4.69) is 29.4 Å². The summed E-state index contributed by atoms with van der Waals surface area (Å²) < 4.78 is 10.6. The van der Waals surface area contributed by atoms with Crippen LogP contribution >= 0.6 is 11.3 Å². The Labute approximate surface area is 163 Å². The number of amides is 1. The van der Waals surface area contributed by atoms with Crippen molar-refractivity contribution in [1.29, 1.82) is 0 Å². The number of carbonyl (C=O) groups excluding carboxylic acids is 1. The molecule has 2 aromatic carbocycles. The standard InChI is InChI=1S/C21H22N2O3S/c1-13-5-7-15(8-6-13)21-22-16(12-27-21)10-20(24)23-17-11-19(26-4)18(25-3)9-14(17)2/h5-9,11-12H,10H2,1-4H3,(H,23,24). The highest BCUT2D eigenvalue weighted by atomic mass is 32.1. The summed E-state index contributed by atoms with van der Waals surface area (Å²) in [5, 5.41) is 5.77. The minimum Gasteiger partial charge on any atom is -0.493 e. The van der Waals surface area contributed by atoms with Gasteiger partial charge in [-0.15, -0.1) is 11.3 Å². The van der Waals surface area contributed by atoms with Gasteiger partial charge in [-0.05, 0) is 25.5 Å². The fraction of sp³-hybridized carbons (Fsp3) is 0.238. The van der Waals surface area contributed by atoms with Crippen LogP contribution in [-0.4, -0.2) is 25.1 Å². The van der Waals surface area contributed by atoms with E-state index in [0.29, 0.717) is 17.2 Å². The zero-order valence-corrected chi connectivity index (χ0v) is 16.6. The van der Waals surface area contributed by atoms with Gasteiger partial charge in [0.25, 0.3) is 0 Å². The molecule has 0 atom stereocenters. The van der Waals surface area contributed by atoms with E-state index in [9.17, 15) is 4.79 Å². The van der Waals surface area contributed by atoms with Gasteiger partial charge < -0.3 is 14.8 Å². The van der Waals surface area contributed by atoms with E-state index in [1.807, 2.05) is 30.5 Å². The Morgan fingerprint density at radius 1 is 1.07 bits per heavy atom. The molecular weight excluding hydrogens is 360 g/mol. The Hall–Kier alpha value is -2.86. The fourth-order valence-electron chi connectivity index (χ4n) is 2.69. The molecule has 0 bridgehead atoms. The number of benzene rings is 2. The van der Waals surface area contributed by atoms with Crippen LogP contribution in [0.1, 0.15) is 16.8 Å². The summed E-state index contributed by atoms with van der Waals surface area (Å²) in [7, 11) is 3.16. The summed E-state index contributed by atoms with van der Waals surface area (Å²) in [5.41, 5.74) is 4.63. The number of ether oxygens (including phenoxy) is 2. The predicted molar refractivity (Wildman–Crippen MR) is 109 cm³/mol. The molecule has 0 saturated carbocycles. The van der Waals surface area contributed by atoms with Gasteiger partial charge in [-0.1, -0.05) is 29.8 Å². The third kappa shape index (κ3) is 4.46. The third-order valence-corrected chi connectivity index (χ3v) is 5.14. The number of hydrogen-bond donors (Lipinski definition) is 1. The van der Waals surface area contributed by atoms with E-state index in [-0.39, 0.29) is 12.3 Å². The fourth-order valence-corrected chi connectivity index (χ4v) is 3.52. The van der Waals surface area contributed by atoms with Crippen LogP contribution in [0.15, 0.2) is 41.8 Å². The van der Waals surface area contributed by atoms with Crippen LogP contribution in [0, 0.1) is 13.8 Å². The number of nitrogens with one attached hydrogen (secondary N) is 1. The summed E-state index contributed by atoms with van der Waals surface area (Å²) in [5.74, 6) is 1.09. The summed E-state index contributed by atoms with van der Waals surface area (Å²) in [4.78, 5) is 17.0. The van der Waals surface area contributed by atoms with E-state index in [1.54, 1.807) is 31.6 Å². The Kier molecular flexibility index (Phi) is 5.76. The molecule has 1 heterocycles. The first-order valence-corrected chi connectivity index (χ1v) is 9.42. The van der Waals surface area contributed by atoms with Gasteiger partial charge in [0.15, 0.2) is 11.5 Å². The summed E-state index contributed by atoms with van der Waals surface area (Å²) in [6, 6.07) is 11.8. The van der Waals surface area contributed by atoms with Gasteiger partial charge in [0.1, 0.15) is 5.01 Å². The van der Waals surface area contributed by atoms with Crippen molar-refractivity contribution in [2.75, 3.05) is 19.5 Å². The van der Waals surface area contributed by atoms with E-state index >= 15 is 0 Å². The lowest BCUT2D eigenvalue weighted by Gasteiger charge is -2.13. The second-order valence-electron chi connectivity index (χ2n) is 6.26. The van der Waals surface area contributed by atoms with Crippen LogP contribution in [0.5, 0.6) is 11.5 Å². The van der Waals surface area contributed by atoms with Gasteiger partial charge >= 0.3 is 0 Å². The van der Waals surface area contributed by atoms with Crippen molar-refractivity contribution < 1.29 is 14.3 Å². The van der Waals surface area contributed by atoms with Crippen molar-refractivity contribution in [3.63, 3.8) is 0 Å². The highest BCUT2D eigenvalue weighted by Gasteiger charge is 2.13. The van der Waals surface area contributed by atoms with E-state index in [1.165, 1.54) is 5.56 Å². The molecule has 6 heteroatoms. The molecule has 1 amide bonds. The lowest BCUT2D eigenvalue weighted by Crippen LogP contribution is -2.15. The van der Waals surface area contributed by atoms with Crippen molar-refractivity contribution in [2.45, 2.75) is 20.3 Å². The maximum atomic E-state index is 12.5. The van der Waals surface area contributed by atoms with Crippen molar-refractivity contribution in [1.82, 2.24) is 4.98 Å². The Morgan fingerprint density at radius 3 is 2.41 bits per heavy atom. The van der Waals surface area contributed by atoms with Crippen molar-refractivity contribution >= 4 is 22.9 Å². The first-order valence-electron chi connectivity index (χ1n) is 8.54. The number of methoxy groups -OCH3 is 2. The first kappa shape index (κ1) is 18.9. The van der Waals surface area contributed by atoms with Crippen LogP contribution in [0.3, 0.4) is 0 Å². The van der Waals surface area contributed by atoms with E-state index in [4.69, 9.17) is 9.47 Å². The minimum absolute atomic E-state index is 0.119. The van der Waals surface area contributed by atoms with E-state index in [0.717, 1.165) is 21.8 Å². The van der Waals surface area contributed by atoms with Crippen molar-refractivity contribution in [3.8, 4) is 22.1 Å². The highest BCUT2D eigenvalue weighted by molar-refractivity contribution is 7.13. The Morgan fingerprint density at radius 2 is 1.74 bits per heavy atom.